The van der Waals surface area contributed by atoms with Crippen molar-refractivity contribution in [1.82, 2.24) is 4.90 Å². The summed E-state index contributed by atoms with van der Waals surface area (Å²) in [6.45, 7) is 7.08. The standard InChI is InChI=1S/C4H6NS.3C4H9.Sn/c1-5-2-3-6-4-5;3*1-3-4-2;/h2-4H,1H3;3*1,3-4H2,2H3;. The molecule has 0 N–H and O–H groups in total. The molecule has 0 aromatic rings. The van der Waals surface area contributed by atoms with Crippen LogP contribution in [0.15, 0.2) is 11.6 Å². The zero-order valence-corrected chi connectivity index (χ0v) is 17.1. The van der Waals surface area contributed by atoms with Crippen molar-refractivity contribution in [3.8, 4) is 0 Å². The van der Waals surface area contributed by atoms with E-state index >= 15 is 0 Å². The van der Waals surface area contributed by atoms with E-state index in [9.17, 15) is 0 Å². The quantitative estimate of drug-likeness (QED) is 0.431. The second kappa shape index (κ2) is 9.59. The molecule has 1 atom stereocenters. The summed E-state index contributed by atoms with van der Waals surface area (Å²) in [7, 11) is 2.32. The summed E-state index contributed by atoms with van der Waals surface area (Å²) in [6, 6.07) is 0. The summed E-state index contributed by atoms with van der Waals surface area (Å²) < 4.78 is 5.75. The van der Waals surface area contributed by atoms with E-state index in [1.54, 1.807) is 13.3 Å². The van der Waals surface area contributed by atoms with Crippen molar-refractivity contribution < 1.29 is 0 Å². The van der Waals surface area contributed by atoms with E-state index in [-0.39, 0.29) is 0 Å². The number of nitrogens with zero attached hydrogens (tertiary/aromatic N) is 1. The van der Waals surface area contributed by atoms with Gasteiger partial charge >= 0.3 is 130 Å². The predicted octanol–water partition coefficient (Wildman–Crippen LogP) is 5.85. The number of rotatable bonds is 10. The first kappa shape index (κ1) is 17.7. The molecule has 1 heterocycles. The Morgan fingerprint density at radius 2 is 1.42 bits per heavy atom. The van der Waals surface area contributed by atoms with E-state index < -0.39 is 18.4 Å². The molecule has 0 spiro atoms. The van der Waals surface area contributed by atoms with Gasteiger partial charge in [-0.1, -0.05) is 0 Å². The van der Waals surface area contributed by atoms with Crippen LogP contribution < -0.4 is 0 Å². The maximum atomic E-state index is 2.56. The van der Waals surface area contributed by atoms with Crippen LogP contribution in [0.1, 0.15) is 59.3 Å². The van der Waals surface area contributed by atoms with Gasteiger partial charge in [0.15, 0.2) is 0 Å². The Hall–Kier alpha value is 0.689. The average Bonchev–Trinajstić information content (AvgIpc) is 2.85. The van der Waals surface area contributed by atoms with Gasteiger partial charge in [-0.2, -0.15) is 0 Å². The van der Waals surface area contributed by atoms with Crippen molar-refractivity contribution >= 4 is 30.1 Å². The molecule has 0 aromatic heterocycles. The zero-order valence-electron chi connectivity index (χ0n) is 13.5. The molecule has 0 fully saturated rings. The Balaban J connectivity index is 2.80. The summed E-state index contributed by atoms with van der Waals surface area (Å²) in [5.74, 6) is 0. The monoisotopic (exact) mass is 391 g/mol. The SMILES string of the molecule is CCC[CH2][Sn]([CH2]CCC)([CH2]CCC)[CH]1SC=CN1C. The second-order valence-corrected chi connectivity index (χ2v) is 21.9. The van der Waals surface area contributed by atoms with Crippen molar-refractivity contribution in [1.29, 1.82) is 0 Å². The van der Waals surface area contributed by atoms with Gasteiger partial charge in [-0.25, -0.2) is 0 Å². The van der Waals surface area contributed by atoms with Crippen LogP contribution in [0.2, 0.25) is 13.3 Å². The Morgan fingerprint density at radius 3 is 1.74 bits per heavy atom. The normalized spacial score (nSPS) is 19.4. The fourth-order valence-corrected chi connectivity index (χ4v) is 25.8. The maximum absolute atomic E-state index is 2.56. The molecular weight excluding hydrogens is 357 g/mol. The molecule has 1 aliphatic rings. The first-order chi connectivity index (χ1) is 9.20. The second-order valence-electron chi connectivity index (χ2n) is 6.11. The van der Waals surface area contributed by atoms with Crippen LogP contribution in [0.4, 0.5) is 0 Å². The molecule has 1 aliphatic heterocycles. The fraction of sp³-hybridized carbons (Fsp3) is 0.875. The van der Waals surface area contributed by atoms with Crippen molar-refractivity contribution in [2.45, 2.75) is 76.0 Å². The van der Waals surface area contributed by atoms with Crippen LogP contribution in [0.5, 0.6) is 0 Å². The first-order valence-corrected chi connectivity index (χ1v) is 16.9. The number of unbranched alkanes of at least 4 members (excludes halogenated alkanes) is 3. The van der Waals surface area contributed by atoms with Gasteiger partial charge < -0.3 is 0 Å². The Morgan fingerprint density at radius 1 is 0.947 bits per heavy atom. The fourth-order valence-electron chi connectivity index (χ4n) is 3.29. The Bertz CT molecular complexity index is 246. The molecule has 3 heteroatoms. The third-order valence-electron chi connectivity index (χ3n) is 4.48. The number of hydrogen-bond acceptors (Lipinski definition) is 2. The summed E-state index contributed by atoms with van der Waals surface area (Å²) in [6.07, 6.45) is 10.9. The van der Waals surface area contributed by atoms with E-state index in [2.05, 4.69) is 56.1 Å². The molecule has 0 saturated heterocycles. The molecule has 19 heavy (non-hydrogen) atoms. The van der Waals surface area contributed by atoms with Crippen molar-refractivity contribution in [3.05, 3.63) is 11.6 Å². The number of hydrogen-bond donors (Lipinski definition) is 0. The summed E-state index contributed by atoms with van der Waals surface area (Å²) >= 11 is 0.118. The third kappa shape index (κ3) is 5.18. The molecule has 1 unspecified atom stereocenters. The molecule has 1 rings (SSSR count). The van der Waals surface area contributed by atoms with Crippen LogP contribution in [0.25, 0.3) is 0 Å². The van der Waals surface area contributed by atoms with Crippen molar-refractivity contribution in [3.63, 3.8) is 0 Å². The van der Waals surface area contributed by atoms with Crippen LogP contribution >= 0.6 is 11.8 Å². The van der Waals surface area contributed by atoms with Crippen molar-refractivity contribution in [2.24, 2.45) is 0 Å². The van der Waals surface area contributed by atoms with Gasteiger partial charge in [0.1, 0.15) is 0 Å². The molecular formula is C16H33NSSn. The van der Waals surface area contributed by atoms with Crippen LogP contribution in [0.3, 0.4) is 0 Å². The van der Waals surface area contributed by atoms with Gasteiger partial charge in [0.05, 0.1) is 0 Å². The van der Waals surface area contributed by atoms with E-state index in [1.165, 1.54) is 38.5 Å². The van der Waals surface area contributed by atoms with Crippen molar-refractivity contribution in [2.75, 3.05) is 7.05 Å². The van der Waals surface area contributed by atoms with Gasteiger partial charge in [0.2, 0.25) is 0 Å². The van der Waals surface area contributed by atoms with E-state index in [4.69, 9.17) is 0 Å². The molecule has 0 radical (unpaired) electrons. The molecule has 112 valence electrons. The van der Waals surface area contributed by atoms with E-state index in [0.717, 1.165) is 3.39 Å². The van der Waals surface area contributed by atoms with Gasteiger partial charge in [-0.05, 0) is 0 Å². The van der Waals surface area contributed by atoms with Crippen LogP contribution in [-0.2, 0) is 0 Å². The summed E-state index contributed by atoms with van der Waals surface area (Å²) in [5, 5.41) is 2.35. The third-order valence-corrected chi connectivity index (χ3v) is 25.6. The average molecular weight is 390 g/mol. The Labute approximate surface area is 129 Å². The van der Waals surface area contributed by atoms with Crippen LogP contribution in [0, 0.1) is 0 Å². The predicted molar refractivity (Wildman–Crippen MR) is 93.2 cm³/mol. The summed E-state index contributed by atoms with van der Waals surface area (Å²) in [5.41, 5.74) is 0. The minimum atomic E-state index is -2.03. The van der Waals surface area contributed by atoms with E-state index in [0.29, 0.717) is 0 Å². The molecule has 0 aromatic carbocycles. The number of thioether (sulfide) groups is 1. The van der Waals surface area contributed by atoms with Gasteiger partial charge in [-0.15, -0.1) is 0 Å². The van der Waals surface area contributed by atoms with E-state index in [1.807, 2.05) is 0 Å². The van der Waals surface area contributed by atoms with Gasteiger partial charge in [0, 0.05) is 0 Å². The summed E-state index contributed by atoms with van der Waals surface area (Å²) in [4.78, 5) is 2.56. The molecule has 0 bridgehead atoms. The molecule has 0 amide bonds. The molecule has 0 aliphatic carbocycles. The van der Waals surface area contributed by atoms with Crippen LogP contribution in [-0.4, -0.2) is 33.7 Å². The zero-order chi connectivity index (χ0) is 14.1. The molecule has 1 nitrogen and oxygen atoms in total. The van der Waals surface area contributed by atoms with Gasteiger partial charge in [-0.3, -0.25) is 0 Å². The topological polar surface area (TPSA) is 3.24 Å². The Kier molecular flexibility index (Phi) is 8.96. The first-order valence-electron chi connectivity index (χ1n) is 8.24. The molecule has 0 saturated carbocycles. The van der Waals surface area contributed by atoms with Gasteiger partial charge in [0.25, 0.3) is 0 Å². The minimum absolute atomic E-state index is 0.888.